The van der Waals surface area contributed by atoms with Gasteiger partial charge in [-0.05, 0) is 28.3 Å². The van der Waals surface area contributed by atoms with Gasteiger partial charge in [-0.15, -0.1) is 0 Å². The Bertz CT molecular complexity index is 343. The lowest BCUT2D eigenvalue weighted by molar-refractivity contribution is 0.472. The summed E-state index contributed by atoms with van der Waals surface area (Å²) in [6.45, 7) is 5.39. The molecule has 4 nitrogen and oxygen atoms in total. The van der Waals surface area contributed by atoms with Crippen LogP contribution in [-0.2, 0) is 0 Å². The molecule has 96 valence electrons. The van der Waals surface area contributed by atoms with Gasteiger partial charge in [-0.1, -0.05) is 33.1 Å². The Balaban J connectivity index is 2.50. The van der Waals surface area contributed by atoms with Crippen LogP contribution in [0.1, 0.15) is 39.5 Å². The second-order valence-electron chi connectivity index (χ2n) is 4.22. The number of hydrogen-bond acceptors (Lipinski definition) is 4. The van der Waals surface area contributed by atoms with Crippen LogP contribution in [-0.4, -0.2) is 16.5 Å². The van der Waals surface area contributed by atoms with E-state index in [1.54, 1.807) is 0 Å². The molecule has 0 spiro atoms. The van der Waals surface area contributed by atoms with Crippen LogP contribution in [0.15, 0.2) is 10.8 Å². The highest BCUT2D eigenvalue weighted by molar-refractivity contribution is 9.10. The average Bonchev–Trinajstić information content (AvgIpc) is 2.34. The molecule has 0 aliphatic rings. The van der Waals surface area contributed by atoms with E-state index in [1.807, 2.05) is 0 Å². The minimum Gasteiger partial charge on any atom is -0.383 e. The standard InChI is InChI=1S/C12H21BrN4/c1-3-5-6-9(4-2)7-15-12-10(13)11(14)16-8-17-12/h8-9H,3-7H2,1-2H3,(H3,14,15,16,17). The molecular weight excluding hydrogens is 280 g/mol. The molecule has 3 N–H and O–H groups in total. The summed E-state index contributed by atoms with van der Waals surface area (Å²) >= 11 is 3.39. The molecule has 0 aromatic carbocycles. The van der Waals surface area contributed by atoms with Crippen molar-refractivity contribution in [2.75, 3.05) is 17.6 Å². The highest BCUT2D eigenvalue weighted by atomic mass is 79.9. The van der Waals surface area contributed by atoms with Crippen LogP contribution in [0.3, 0.4) is 0 Å². The van der Waals surface area contributed by atoms with Crippen LogP contribution in [0.2, 0.25) is 0 Å². The van der Waals surface area contributed by atoms with Crippen molar-refractivity contribution in [3.05, 3.63) is 10.8 Å². The minimum atomic E-state index is 0.476. The Morgan fingerprint density at radius 2 is 2.18 bits per heavy atom. The zero-order valence-electron chi connectivity index (χ0n) is 10.5. The molecule has 1 rings (SSSR count). The molecule has 1 atom stereocenters. The molecule has 0 saturated carbocycles. The molecule has 1 unspecified atom stereocenters. The van der Waals surface area contributed by atoms with Crippen LogP contribution in [0.25, 0.3) is 0 Å². The number of unbranched alkanes of at least 4 members (excludes halogenated alkanes) is 1. The molecular formula is C12H21BrN4. The first-order valence-electron chi connectivity index (χ1n) is 6.18. The van der Waals surface area contributed by atoms with Gasteiger partial charge in [0.1, 0.15) is 22.4 Å². The fourth-order valence-electron chi connectivity index (χ4n) is 1.69. The van der Waals surface area contributed by atoms with E-state index in [1.165, 1.54) is 32.0 Å². The second kappa shape index (κ2) is 7.48. The molecule has 0 radical (unpaired) electrons. The maximum atomic E-state index is 5.70. The summed E-state index contributed by atoms with van der Waals surface area (Å²) in [5.74, 6) is 1.95. The topological polar surface area (TPSA) is 63.8 Å². The van der Waals surface area contributed by atoms with Crippen molar-refractivity contribution in [3.8, 4) is 0 Å². The van der Waals surface area contributed by atoms with Gasteiger partial charge in [-0.3, -0.25) is 0 Å². The predicted octanol–water partition coefficient (Wildman–Crippen LogP) is 3.45. The third-order valence-corrected chi connectivity index (χ3v) is 3.70. The van der Waals surface area contributed by atoms with Crippen molar-refractivity contribution in [3.63, 3.8) is 0 Å². The molecule has 1 heterocycles. The van der Waals surface area contributed by atoms with Gasteiger partial charge >= 0.3 is 0 Å². The summed E-state index contributed by atoms with van der Waals surface area (Å²) in [6.07, 6.45) is 6.46. The number of halogens is 1. The Kier molecular flexibility index (Phi) is 6.26. The van der Waals surface area contributed by atoms with Gasteiger partial charge in [0.05, 0.1) is 0 Å². The van der Waals surface area contributed by atoms with Crippen LogP contribution >= 0.6 is 15.9 Å². The van der Waals surface area contributed by atoms with E-state index < -0.39 is 0 Å². The summed E-state index contributed by atoms with van der Waals surface area (Å²) in [7, 11) is 0. The summed E-state index contributed by atoms with van der Waals surface area (Å²) in [5.41, 5.74) is 5.70. The Labute approximate surface area is 112 Å². The normalized spacial score (nSPS) is 12.4. The maximum absolute atomic E-state index is 5.70. The van der Waals surface area contributed by atoms with Crippen LogP contribution in [0.5, 0.6) is 0 Å². The zero-order valence-corrected chi connectivity index (χ0v) is 12.1. The highest BCUT2D eigenvalue weighted by Crippen LogP contribution is 2.24. The number of nitrogens with two attached hydrogens (primary N) is 1. The van der Waals surface area contributed by atoms with E-state index >= 15 is 0 Å². The lowest BCUT2D eigenvalue weighted by Gasteiger charge is -2.16. The molecule has 0 bridgehead atoms. The number of nitrogen functional groups attached to an aromatic ring is 1. The van der Waals surface area contributed by atoms with Crippen molar-refractivity contribution >= 4 is 27.6 Å². The first kappa shape index (κ1) is 14.2. The van der Waals surface area contributed by atoms with Crippen LogP contribution in [0, 0.1) is 5.92 Å². The monoisotopic (exact) mass is 300 g/mol. The summed E-state index contributed by atoms with van der Waals surface area (Å²) in [4.78, 5) is 8.09. The first-order chi connectivity index (χ1) is 8.19. The van der Waals surface area contributed by atoms with Gasteiger partial charge in [0.2, 0.25) is 0 Å². The van der Waals surface area contributed by atoms with Gasteiger partial charge in [-0.25, -0.2) is 9.97 Å². The number of rotatable bonds is 7. The van der Waals surface area contributed by atoms with Gasteiger partial charge in [0.15, 0.2) is 0 Å². The molecule has 1 aromatic heterocycles. The third kappa shape index (κ3) is 4.50. The quantitative estimate of drug-likeness (QED) is 0.809. The van der Waals surface area contributed by atoms with Crippen LogP contribution in [0.4, 0.5) is 11.6 Å². The van der Waals surface area contributed by atoms with Gasteiger partial charge < -0.3 is 11.1 Å². The molecule has 1 aromatic rings. The van der Waals surface area contributed by atoms with Crippen molar-refractivity contribution in [1.82, 2.24) is 9.97 Å². The number of aromatic nitrogens is 2. The van der Waals surface area contributed by atoms with Gasteiger partial charge in [0, 0.05) is 6.54 Å². The summed E-state index contributed by atoms with van der Waals surface area (Å²) in [6, 6.07) is 0. The van der Waals surface area contributed by atoms with Crippen molar-refractivity contribution in [2.45, 2.75) is 39.5 Å². The molecule has 0 amide bonds. The fraction of sp³-hybridized carbons (Fsp3) is 0.667. The SMILES string of the molecule is CCCCC(CC)CNc1ncnc(N)c1Br. The second-order valence-corrected chi connectivity index (χ2v) is 5.01. The zero-order chi connectivity index (χ0) is 12.7. The number of nitrogens with one attached hydrogen (secondary N) is 1. The summed E-state index contributed by atoms with van der Waals surface area (Å²) < 4.78 is 0.755. The third-order valence-electron chi connectivity index (χ3n) is 2.92. The summed E-state index contributed by atoms with van der Waals surface area (Å²) in [5, 5.41) is 3.34. The predicted molar refractivity (Wildman–Crippen MR) is 75.9 cm³/mol. The minimum absolute atomic E-state index is 0.476. The Hall–Kier alpha value is -0.840. The van der Waals surface area contributed by atoms with Gasteiger partial charge in [0.25, 0.3) is 0 Å². The fourth-order valence-corrected chi connectivity index (χ4v) is 2.04. The lowest BCUT2D eigenvalue weighted by atomic mass is 9.99. The molecule has 5 heteroatoms. The number of anilines is 2. The van der Waals surface area contributed by atoms with Crippen LogP contribution < -0.4 is 11.1 Å². The van der Waals surface area contributed by atoms with E-state index in [-0.39, 0.29) is 0 Å². The smallest absolute Gasteiger partial charge is 0.145 e. The number of nitrogens with zero attached hydrogens (tertiary/aromatic N) is 2. The Morgan fingerprint density at radius 1 is 1.41 bits per heavy atom. The maximum Gasteiger partial charge on any atom is 0.145 e. The Morgan fingerprint density at radius 3 is 2.82 bits per heavy atom. The molecule has 0 aliphatic heterocycles. The van der Waals surface area contributed by atoms with E-state index in [2.05, 4.69) is 45.1 Å². The van der Waals surface area contributed by atoms with Crippen molar-refractivity contribution in [1.29, 1.82) is 0 Å². The molecule has 0 aliphatic carbocycles. The number of hydrogen-bond donors (Lipinski definition) is 2. The van der Waals surface area contributed by atoms with Crippen molar-refractivity contribution < 1.29 is 0 Å². The molecule has 0 fully saturated rings. The lowest BCUT2D eigenvalue weighted by Crippen LogP contribution is -2.15. The van der Waals surface area contributed by atoms with E-state index in [0.29, 0.717) is 11.7 Å². The first-order valence-corrected chi connectivity index (χ1v) is 6.98. The van der Waals surface area contributed by atoms with Crippen molar-refractivity contribution in [2.24, 2.45) is 5.92 Å². The van der Waals surface area contributed by atoms with Gasteiger partial charge in [-0.2, -0.15) is 0 Å². The van der Waals surface area contributed by atoms with E-state index in [9.17, 15) is 0 Å². The van der Waals surface area contributed by atoms with E-state index in [0.717, 1.165) is 16.8 Å². The van der Waals surface area contributed by atoms with E-state index in [4.69, 9.17) is 5.73 Å². The molecule has 17 heavy (non-hydrogen) atoms. The largest absolute Gasteiger partial charge is 0.383 e. The highest BCUT2D eigenvalue weighted by Gasteiger charge is 2.09. The molecule has 0 saturated heterocycles. The average molecular weight is 301 g/mol.